The summed E-state index contributed by atoms with van der Waals surface area (Å²) in [6.07, 6.45) is 2.76. The van der Waals surface area contributed by atoms with Gasteiger partial charge in [0.25, 0.3) is 0 Å². The van der Waals surface area contributed by atoms with Gasteiger partial charge in [0.05, 0.1) is 11.6 Å². The van der Waals surface area contributed by atoms with Crippen LogP contribution >= 0.6 is 11.8 Å². The summed E-state index contributed by atoms with van der Waals surface area (Å²) in [6, 6.07) is 11.5. The van der Waals surface area contributed by atoms with E-state index in [4.69, 9.17) is 0 Å². The molecular formula is C12H13NS. The lowest BCUT2D eigenvalue weighted by atomic mass is 10.1. The lowest BCUT2D eigenvalue weighted by Crippen LogP contribution is -2.20. The molecule has 1 heterocycles. The maximum Gasteiger partial charge on any atom is 0.0684 e. The van der Waals surface area contributed by atoms with Crippen LogP contribution in [0, 0.1) is 0 Å². The lowest BCUT2D eigenvalue weighted by Gasteiger charge is -2.21. The Morgan fingerprint density at radius 1 is 1.14 bits per heavy atom. The fourth-order valence-electron chi connectivity index (χ4n) is 1.86. The highest BCUT2D eigenvalue weighted by atomic mass is 32.2. The van der Waals surface area contributed by atoms with Gasteiger partial charge >= 0.3 is 0 Å². The van der Waals surface area contributed by atoms with Crippen molar-refractivity contribution < 1.29 is 0 Å². The maximum atomic E-state index is 2.54. The van der Waals surface area contributed by atoms with Crippen LogP contribution in [0.25, 0.3) is 5.70 Å². The molecule has 14 heavy (non-hydrogen) atoms. The van der Waals surface area contributed by atoms with E-state index < -0.39 is 0 Å². The second-order valence-corrected chi connectivity index (χ2v) is 4.69. The molecule has 1 saturated carbocycles. The Bertz CT molecular complexity index is 354. The highest BCUT2D eigenvalue weighted by Gasteiger charge is 2.32. The Labute approximate surface area is 88.8 Å². The Morgan fingerprint density at radius 2 is 1.93 bits per heavy atom. The monoisotopic (exact) mass is 203 g/mol. The van der Waals surface area contributed by atoms with Crippen LogP contribution in [-0.2, 0) is 0 Å². The van der Waals surface area contributed by atoms with Crippen molar-refractivity contribution in [3.8, 4) is 0 Å². The van der Waals surface area contributed by atoms with Gasteiger partial charge in [-0.25, -0.2) is 0 Å². The first-order valence-corrected chi connectivity index (χ1v) is 6.14. The minimum absolute atomic E-state index is 0.830. The van der Waals surface area contributed by atoms with E-state index in [1.54, 1.807) is 0 Å². The Kier molecular flexibility index (Phi) is 2.02. The predicted molar refractivity (Wildman–Crippen MR) is 61.7 cm³/mol. The van der Waals surface area contributed by atoms with Crippen molar-refractivity contribution in [3.63, 3.8) is 0 Å². The molecule has 3 rings (SSSR count). The van der Waals surface area contributed by atoms with Crippen LogP contribution in [-0.4, -0.2) is 16.8 Å². The standard InChI is InChI=1S/C12H13NS/c1-2-4-10(5-3-1)12-8-14-9-13(12)11-6-7-11/h1-5,8,11H,6-7,9H2. The van der Waals surface area contributed by atoms with Crippen molar-refractivity contribution in [1.29, 1.82) is 0 Å². The molecule has 0 bridgehead atoms. The minimum atomic E-state index is 0.830. The molecule has 0 N–H and O–H groups in total. The molecule has 0 atom stereocenters. The zero-order valence-corrected chi connectivity index (χ0v) is 8.83. The van der Waals surface area contributed by atoms with Gasteiger partial charge in [0, 0.05) is 6.04 Å². The first kappa shape index (κ1) is 8.42. The van der Waals surface area contributed by atoms with Crippen molar-refractivity contribution in [2.24, 2.45) is 0 Å². The number of rotatable bonds is 2. The second kappa shape index (κ2) is 3.35. The molecule has 1 aliphatic carbocycles. The summed E-state index contributed by atoms with van der Waals surface area (Å²) in [5.74, 6) is 1.15. The zero-order chi connectivity index (χ0) is 9.38. The molecule has 0 unspecified atom stereocenters. The number of thioether (sulfide) groups is 1. The molecule has 0 amide bonds. The van der Waals surface area contributed by atoms with Gasteiger partial charge < -0.3 is 4.90 Å². The summed E-state index contributed by atoms with van der Waals surface area (Å²) < 4.78 is 0. The van der Waals surface area contributed by atoms with Crippen LogP contribution in [0.2, 0.25) is 0 Å². The van der Waals surface area contributed by atoms with Crippen LogP contribution in [0.5, 0.6) is 0 Å². The number of hydrogen-bond acceptors (Lipinski definition) is 2. The molecule has 72 valence electrons. The van der Waals surface area contributed by atoms with E-state index in [0.29, 0.717) is 0 Å². The van der Waals surface area contributed by atoms with Crippen molar-refractivity contribution in [1.82, 2.24) is 4.90 Å². The van der Waals surface area contributed by atoms with Gasteiger partial charge in [0.15, 0.2) is 0 Å². The van der Waals surface area contributed by atoms with Gasteiger partial charge in [-0.2, -0.15) is 0 Å². The molecule has 2 aliphatic rings. The highest BCUT2D eigenvalue weighted by molar-refractivity contribution is 8.02. The smallest absolute Gasteiger partial charge is 0.0684 e. The molecule has 0 radical (unpaired) electrons. The third-order valence-corrected chi connectivity index (χ3v) is 3.59. The largest absolute Gasteiger partial charge is 0.358 e. The van der Waals surface area contributed by atoms with Gasteiger partial charge in [0.2, 0.25) is 0 Å². The molecule has 2 heteroatoms. The van der Waals surface area contributed by atoms with Crippen molar-refractivity contribution >= 4 is 17.5 Å². The molecule has 1 aromatic rings. The van der Waals surface area contributed by atoms with Crippen molar-refractivity contribution in [3.05, 3.63) is 41.3 Å². The number of nitrogens with zero attached hydrogens (tertiary/aromatic N) is 1. The summed E-state index contributed by atoms with van der Waals surface area (Å²) in [5, 5.41) is 2.30. The molecular weight excluding hydrogens is 190 g/mol. The van der Waals surface area contributed by atoms with E-state index in [1.807, 2.05) is 11.8 Å². The van der Waals surface area contributed by atoms with Gasteiger partial charge in [-0.1, -0.05) is 30.3 Å². The molecule has 1 aromatic carbocycles. The van der Waals surface area contributed by atoms with E-state index in [1.165, 1.54) is 24.1 Å². The number of benzene rings is 1. The van der Waals surface area contributed by atoms with Crippen molar-refractivity contribution in [2.75, 3.05) is 5.88 Å². The van der Waals surface area contributed by atoms with Gasteiger partial charge in [-0.15, -0.1) is 11.8 Å². The van der Waals surface area contributed by atoms with E-state index >= 15 is 0 Å². The summed E-state index contributed by atoms with van der Waals surface area (Å²) in [7, 11) is 0. The third-order valence-electron chi connectivity index (χ3n) is 2.78. The zero-order valence-electron chi connectivity index (χ0n) is 8.02. The fourth-order valence-corrected chi connectivity index (χ4v) is 2.88. The first-order valence-electron chi connectivity index (χ1n) is 5.09. The summed E-state index contributed by atoms with van der Waals surface area (Å²) >= 11 is 1.92. The van der Waals surface area contributed by atoms with Crippen LogP contribution in [0.1, 0.15) is 18.4 Å². The van der Waals surface area contributed by atoms with Crippen molar-refractivity contribution in [2.45, 2.75) is 18.9 Å². The van der Waals surface area contributed by atoms with Gasteiger partial charge in [-0.3, -0.25) is 0 Å². The SMILES string of the molecule is C1=C(c2ccccc2)N(C2CC2)CS1. The van der Waals surface area contributed by atoms with Gasteiger partial charge in [-0.05, 0) is 23.8 Å². The minimum Gasteiger partial charge on any atom is -0.358 e. The Morgan fingerprint density at radius 3 is 2.64 bits per heavy atom. The average molecular weight is 203 g/mol. The van der Waals surface area contributed by atoms with Crippen LogP contribution in [0.3, 0.4) is 0 Å². The molecule has 1 fully saturated rings. The topological polar surface area (TPSA) is 3.24 Å². The van der Waals surface area contributed by atoms with Crippen LogP contribution in [0.4, 0.5) is 0 Å². The van der Waals surface area contributed by atoms with E-state index in [0.717, 1.165) is 11.9 Å². The lowest BCUT2D eigenvalue weighted by molar-refractivity contribution is 0.460. The number of hydrogen-bond donors (Lipinski definition) is 0. The predicted octanol–water partition coefficient (Wildman–Crippen LogP) is 3.15. The third kappa shape index (κ3) is 1.44. The first-order chi connectivity index (χ1) is 6.95. The Balaban J connectivity index is 1.90. The summed E-state index contributed by atoms with van der Waals surface area (Å²) in [5.41, 5.74) is 2.79. The second-order valence-electron chi connectivity index (χ2n) is 3.87. The van der Waals surface area contributed by atoms with Crippen LogP contribution in [0.15, 0.2) is 35.7 Å². The van der Waals surface area contributed by atoms with Crippen LogP contribution < -0.4 is 0 Å². The summed E-state index contributed by atoms with van der Waals surface area (Å²) in [6.45, 7) is 0. The Hall–Kier alpha value is -0.890. The molecule has 1 aliphatic heterocycles. The highest BCUT2D eigenvalue weighted by Crippen LogP contribution is 2.39. The van der Waals surface area contributed by atoms with E-state index in [9.17, 15) is 0 Å². The fraction of sp³-hybridized carbons (Fsp3) is 0.333. The molecule has 0 spiro atoms. The molecule has 0 saturated heterocycles. The molecule has 0 aromatic heterocycles. The van der Waals surface area contributed by atoms with E-state index in [-0.39, 0.29) is 0 Å². The van der Waals surface area contributed by atoms with E-state index in [2.05, 4.69) is 40.6 Å². The average Bonchev–Trinajstić information content (AvgIpc) is 2.98. The normalized spacial score (nSPS) is 21.1. The summed E-state index contributed by atoms with van der Waals surface area (Å²) in [4.78, 5) is 2.54. The maximum absolute atomic E-state index is 2.54. The molecule has 1 nitrogen and oxygen atoms in total. The quantitative estimate of drug-likeness (QED) is 0.726. The van der Waals surface area contributed by atoms with Gasteiger partial charge in [0.1, 0.15) is 0 Å².